The second kappa shape index (κ2) is 4.96. The maximum absolute atomic E-state index is 5.28. The van der Waals surface area contributed by atoms with E-state index >= 15 is 0 Å². The maximum Gasteiger partial charge on any atom is 0.146 e. The van der Waals surface area contributed by atoms with E-state index in [4.69, 9.17) is 12.2 Å². The molecule has 1 heterocycles. The Bertz CT molecular complexity index is 493. The minimum Gasteiger partial charge on any atom is -0.282 e. The van der Waals surface area contributed by atoms with E-state index in [9.17, 15) is 0 Å². The number of aryl methyl sites for hydroxylation is 1. The van der Waals surface area contributed by atoms with Crippen molar-refractivity contribution in [3.8, 4) is 0 Å². The molecule has 80 valence electrons. The Morgan fingerprint density at radius 2 is 2.07 bits per heavy atom. The fourth-order valence-corrected chi connectivity index (χ4v) is 2.11. The van der Waals surface area contributed by atoms with Gasteiger partial charge in [0.05, 0.1) is 11.0 Å². The average Bonchev–Trinajstić information content (AvgIpc) is 2.53. The lowest BCUT2D eigenvalue weighted by Crippen LogP contribution is -2.05. The molecule has 5 heteroatoms. The van der Waals surface area contributed by atoms with Crippen LogP contribution in [0, 0.1) is 6.92 Å². The van der Waals surface area contributed by atoms with Crippen molar-refractivity contribution in [3.05, 3.63) is 30.1 Å². The summed E-state index contributed by atoms with van der Waals surface area (Å²) in [6.45, 7) is 1.97. The van der Waals surface area contributed by atoms with Gasteiger partial charge in [0.2, 0.25) is 0 Å². The van der Waals surface area contributed by atoms with E-state index in [1.165, 1.54) is 0 Å². The fourth-order valence-electron chi connectivity index (χ4n) is 1.47. The second-order valence-corrected chi connectivity index (χ2v) is 4.39. The number of hydrogen-bond donors (Lipinski definition) is 0. The zero-order chi connectivity index (χ0) is 10.1. The first-order valence-corrected chi connectivity index (χ1v) is 5.89. The molecule has 0 amide bonds. The second-order valence-electron chi connectivity index (χ2n) is 2.95. The van der Waals surface area contributed by atoms with Gasteiger partial charge in [0.15, 0.2) is 0 Å². The number of halogens is 1. The SMILES string of the molecule is CSC(=S)n1c(C)nc2ccccc21.Cl. The van der Waals surface area contributed by atoms with Gasteiger partial charge in [0.25, 0.3) is 0 Å². The molecule has 0 saturated heterocycles. The van der Waals surface area contributed by atoms with E-state index < -0.39 is 0 Å². The predicted octanol–water partition coefficient (Wildman–Crippen LogP) is 3.26. The van der Waals surface area contributed by atoms with Crippen molar-refractivity contribution in [1.29, 1.82) is 0 Å². The van der Waals surface area contributed by atoms with E-state index in [1.807, 2.05) is 42.0 Å². The molecule has 0 fully saturated rings. The monoisotopic (exact) mass is 258 g/mol. The summed E-state index contributed by atoms with van der Waals surface area (Å²) < 4.78 is 2.85. The first-order valence-electron chi connectivity index (χ1n) is 4.26. The van der Waals surface area contributed by atoms with Crippen LogP contribution in [0.5, 0.6) is 0 Å². The third-order valence-corrected chi connectivity index (χ3v) is 3.30. The summed E-state index contributed by atoms with van der Waals surface area (Å²) in [5.41, 5.74) is 2.09. The summed E-state index contributed by atoms with van der Waals surface area (Å²) in [5.74, 6) is 0.950. The molecule has 0 aliphatic heterocycles. The number of nitrogens with zero attached hydrogens (tertiary/aromatic N) is 2. The molecule has 0 spiro atoms. The first kappa shape index (κ1) is 12.5. The van der Waals surface area contributed by atoms with Crippen LogP contribution in [0.2, 0.25) is 0 Å². The first-order chi connectivity index (χ1) is 6.74. The Morgan fingerprint density at radius 1 is 1.40 bits per heavy atom. The highest BCUT2D eigenvalue weighted by Gasteiger charge is 2.09. The summed E-state index contributed by atoms with van der Waals surface area (Å²) in [6, 6.07) is 8.03. The lowest BCUT2D eigenvalue weighted by molar-refractivity contribution is 1.08. The lowest BCUT2D eigenvalue weighted by atomic mass is 10.3. The molecule has 0 unspecified atom stereocenters. The van der Waals surface area contributed by atoms with E-state index in [-0.39, 0.29) is 12.4 Å². The number of aromatic nitrogens is 2. The van der Waals surface area contributed by atoms with Crippen LogP contribution in [0.1, 0.15) is 5.82 Å². The van der Waals surface area contributed by atoms with Gasteiger partial charge < -0.3 is 0 Å². The molecule has 0 saturated carbocycles. The van der Waals surface area contributed by atoms with Crippen molar-refractivity contribution in [2.45, 2.75) is 6.92 Å². The molecule has 15 heavy (non-hydrogen) atoms. The van der Waals surface area contributed by atoms with Crippen molar-refractivity contribution in [2.24, 2.45) is 0 Å². The zero-order valence-electron chi connectivity index (χ0n) is 8.43. The van der Waals surface area contributed by atoms with Gasteiger partial charge >= 0.3 is 0 Å². The van der Waals surface area contributed by atoms with Crippen LogP contribution in [-0.2, 0) is 0 Å². The summed E-state index contributed by atoms with van der Waals surface area (Å²) in [6.07, 6.45) is 1.98. The number of hydrogen-bond acceptors (Lipinski definition) is 3. The van der Waals surface area contributed by atoms with E-state index in [2.05, 4.69) is 4.98 Å². The third-order valence-electron chi connectivity index (χ3n) is 2.09. The molecule has 2 nitrogen and oxygen atoms in total. The molecule has 2 aromatic rings. The van der Waals surface area contributed by atoms with Gasteiger partial charge in [-0.25, -0.2) is 4.98 Å². The van der Waals surface area contributed by atoms with Crippen LogP contribution in [0.3, 0.4) is 0 Å². The Morgan fingerprint density at radius 3 is 2.73 bits per heavy atom. The predicted molar refractivity (Wildman–Crippen MR) is 73.2 cm³/mol. The van der Waals surface area contributed by atoms with Gasteiger partial charge in [0.1, 0.15) is 10.1 Å². The van der Waals surface area contributed by atoms with Crippen molar-refractivity contribution in [3.63, 3.8) is 0 Å². The fraction of sp³-hybridized carbons (Fsp3) is 0.200. The summed E-state index contributed by atoms with van der Waals surface area (Å²) in [5, 5.41) is 0. The maximum atomic E-state index is 5.28. The van der Waals surface area contributed by atoms with Crippen molar-refractivity contribution >= 4 is 51.7 Å². The molecule has 1 aromatic heterocycles. The molecule has 0 bridgehead atoms. The molecule has 2 rings (SSSR count). The summed E-state index contributed by atoms with van der Waals surface area (Å²) in [4.78, 5) is 4.44. The van der Waals surface area contributed by atoms with Gasteiger partial charge in [-0.3, -0.25) is 4.57 Å². The Balaban J connectivity index is 0.00000112. The number of para-hydroxylation sites is 2. The lowest BCUT2D eigenvalue weighted by Gasteiger charge is -2.04. The zero-order valence-corrected chi connectivity index (χ0v) is 10.9. The largest absolute Gasteiger partial charge is 0.282 e. The van der Waals surface area contributed by atoms with Gasteiger partial charge in [-0.2, -0.15) is 0 Å². The number of fused-ring (bicyclic) bond motifs is 1. The van der Waals surface area contributed by atoms with E-state index in [0.717, 1.165) is 21.2 Å². The average molecular weight is 259 g/mol. The normalized spacial score (nSPS) is 10.0. The van der Waals surface area contributed by atoms with E-state index in [1.54, 1.807) is 11.8 Å². The molecule has 0 aliphatic rings. The van der Waals surface area contributed by atoms with Crippen LogP contribution in [0.4, 0.5) is 0 Å². The highest BCUT2D eigenvalue weighted by atomic mass is 35.5. The summed E-state index contributed by atoms with van der Waals surface area (Å²) in [7, 11) is 0. The quantitative estimate of drug-likeness (QED) is 0.676. The molecular weight excluding hydrogens is 248 g/mol. The van der Waals surface area contributed by atoms with Gasteiger partial charge in [-0.1, -0.05) is 36.1 Å². The summed E-state index contributed by atoms with van der Waals surface area (Å²) >= 11 is 6.84. The topological polar surface area (TPSA) is 17.8 Å². The van der Waals surface area contributed by atoms with Crippen molar-refractivity contribution in [1.82, 2.24) is 9.55 Å². The highest BCUT2D eigenvalue weighted by Crippen LogP contribution is 2.18. The molecule has 0 N–H and O–H groups in total. The Kier molecular flexibility index (Phi) is 4.13. The smallest absolute Gasteiger partial charge is 0.146 e. The molecule has 0 radical (unpaired) electrons. The van der Waals surface area contributed by atoms with Gasteiger partial charge in [-0.15, -0.1) is 12.4 Å². The Labute approximate surface area is 104 Å². The molecular formula is C10H11ClN2S2. The van der Waals surface area contributed by atoms with Crippen LogP contribution in [-0.4, -0.2) is 20.1 Å². The number of thioether (sulfide) groups is 1. The number of rotatable bonds is 0. The minimum atomic E-state index is 0. The third kappa shape index (κ3) is 2.17. The van der Waals surface area contributed by atoms with Crippen molar-refractivity contribution in [2.75, 3.05) is 6.26 Å². The number of thiocarbonyl (C=S) groups is 1. The van der Waals surface area contributed by atoms with Crippen LogP contribution in [0.25, 0.3) is 11.0 Å². The Hall–Kier alpha value is -0.580. The van der Waals surface area contributed by atoms with Crippen molar-refractivity contribution < 1.29 is 0 Å². The highest BCUT2D eigenvalue weighted by molar-refractivity contribution is 8.22. The van der Waals surface area contributed by atoms with Gasteiger partial charge in [-0.05, 0) is 25.3 Å². The van der Waals surface area contributed by atoms with Gasteiger partial charge in [0, 0.05) is 0 Å². The molecule has 1 aromatic carbocycles. The number of imidazole rings is 1. The molecule has 0 aliphatic carbocycles. The van der Waals surface area contributed by atoms with E-state index in [0.29, 0.717) is 0 Å². The molecule has 0 atom stereocenters. The van der Waals surface area contributed by atoms with Crippen LogP contribution >= 0.6 is 36.4 Å². The van der Waals surface area contributed by atoms with Crippen LogP contribution < -0.4 is 0 Å². The minimum absolute atomic E-state index is 0. The van der Waals surface area contributed by atoms with Crippen LogP contribution in [0.15, 0.2) is 24.3 Å². The number of benzene rings is 1. The standard InChI is InChI=1S/C10H10N2S2.ClH/c1-7-11-8-5-3-4-6-9(8)12(7)10(13)14-2;/h3-6H,1-2H3;1H.